The van der Waals surface area contributed by atoms with Gasteiger partial charge >= 0.3 is 6.03 Å². The number of carbonyl (C=O) groups is 2. The van der Waals surface area contributed by atoms with Gasteiger partial charge in [0.2, 0.25) is 0 Å². The number of hydrogen-bond acceptors (Lipinski definition) is 4. The Morgan fingerprint density at radius 1 is 1.12 bits per heavy atom. The zero-order chi connectivity index (χ0) is 18.1. The Kier molecular flexibility index (Phi) is 4.34. The van der Waals surface area contributed by atoms with Gasteiger partial charge in [0.15, 0.2) is 17.2 Å². The molecule has 2 aliphatic heterocycles. The molecule has 0 spiro atoms. The van der Waals surface area contributed by atoms with Gasteiger partial charge in [0, 0.05) is 43.7 Å². The highest BCUT2D eigenvalue weighted by Crippen LogP contribution is 2.33. The number of piperidine rings is 1. The summed E-state index contributed by atoms with van der Waals surface area (Å²) in [5, 5.41) is 5.51. The Morgan fingerprint density at radius 2 is 1.81 bits per heavy atom. The maximum absolute atomic E-state index is 14.8. The van der Waals surface area contributed by atoms with E-state index >= 15 is 0 Å². The molecule has 1 aromatic carbocycles. The van der Waals surface area contributed by atoms with Gasteiger partial charge in [0.1, 0.15) is 13.2 Å². The van der Waals surface area contributed by atoms with Gasteiger partial charge < -0.3 is 25.0 Å². The molecular weight excluding hydrogens is 341 g/mol. The molecule has 2 heterocycles. The average molecular weight is 363 g/mol. The van der Waals surface area contributed by atoms with Crippen LogP contribution in [0.2, 0.25) is 0 Å². The number of hydrogen-bond donors (Lipinski definition) is 2. The molecule has 1 aromatic rings. The van der Waals surface area contributed by atoms with Crippen LogP contribution in [0.1, 0.15) is 25.7 Å². The molecule has 7 nitrogen and oxygen atoms in total. The number of amides is 3. The molecule has 4 rings (SSSR count). The molecule has 3 amide bonds. The lowest BCUT2D eigenvalue weighted by Crippen LogP contribution is -2.53. The fraction of sp³-hybridized carbons (Fsp3) is 0.556. The number of nitrogens with zero attached hydrogens (tertiary/aromatic N) is 1. The zero-order valence-electron chi connectivity index (χ0n) is 14.4. The van der Waals surface area contributed by atoms with Gasteiger partial charge in [-0.2, -0.15) is 0 Å². The van der Waals surface area contributed by atoms with Gasteiger partial charge in [-0.25, -0.2) is 9.18 Å². The van der Waals surface area contributed by atoms with Crippen LogP contribution in [-0.2, 0) is 4.79 Å². The van der Waals surface area contributed by atoms with E-state index in [1.807, 2.05) is 0 Å². The van der Waals surface area contributed by atoms with E-state index in [1.54, 1.807) is 18.2 Å². The van der Waals surface area contributed by atoms with Gasteiger partial charge in [0.05, 0.1) is 0 Å². The summed E-state index contributed by atoms with van der Waals surface area (Å²) in [5.41, 5.74) is -1.29. The molecule has 1 aliphatic carbocycles. The van der Waals surface area contributed by atoms with Crippen molar-refractivity contribution < 1.29 is 23.5 Å². The highest BCUT2D eigenvalue weighted by Gasteiger charge is 2.44. The van der Waals surface area contributed by atoms with E-state index in [2.05, 4.69) is 10.6 Å². The van der Waals surface area contributed by atoms with Crippen LogP contribution in [0.4, 0.5) is 14.9 Å². The lowest BCUT2D eigenvalue weighted by molar-refractivity contribution is -0.135. The first-order valence-electron chi connectivity index (χ1n) is 8.99. The molecule has 1 saturated carbocycles. The molecule has 0 atom stereocenters. The third-order valence-corrected chi connectivity index (χ3v) is 4.96. The number of urea groups is 1. The van der Waals surface area contributed by atoms with Crippen LogP contribution in [0.25, 0.3) is 0 Å². The SMILES string of the molecule is O=C(Nc1ccc2c(c1)OCCO2)N1CCC(F)(C(=O)NC2CC2)CC1. The fourth-order valence-corrected chi connectivity index (χ4v) is 3.16. The first-order chi connectivity index (χ1) is 12.5. The zero-order valence-corrected chi connectivity index (χ0v) is 14.4. The second-order valence-corrected chi connectivity index (χ2v) is 6.99. The fourth-order valence-electron chi connectivity index (χ4n) is 3.16. The first kappa shape index (κ1) is 16.9. The monoisotopic (exact) mass is 363 g/mol. The summed E-state index contributed by atoms with van der Waals surface area (Å²) < 4.78 is 25.8. The predicted octanol–water partition coefficient (Wildman–Crippen LogP) is 2.07. The van der Waals surface area contributed by atoms with Crippen molar-refractivity contribution in [2.45, 2.75) is 37.4 Å². The van der Waals surface area contributed by atoms with Crippen molar-refractivity contribution in [3.63, 3.8) is 0 Å². The summed E-state index contributed by atoms with van der Waals surface area (Å²) in [6.45, 7) is 1.37. The van der Waals surface area contributed by atoms with Crippen LogP contribution in [0.5, 0.6) is 11.5 Å². The van der Waals surface area contributed by atoms with Gasteiger partial charge in [-0.1, -0.05) is 0 Å². The minimum Gasteiger partial charge on any atom is -0.486 e. The summed E-state index contributed by atoms with van der Waals surface area (Å²) in [5.74, 6) is 0.704. The maximum atomic E-state index is 14.8. The summed E-state index contributed by atoms with van der Waals surface area (Å²) in [6, 6.07) is 5.00. The maximum Gasteiger partial charge on any atom is 0.321 e. The number of likely N-dealkylation sites (tertiary alicyclic amines) is 1. The van der Waals surface area contributed by atoms with E-state index in [1.165, 1.54) is 4.90 Å². The smallest absolute Gasteiger partial charge is 0.321 e. The van der Waals surface area contributed by atoms with Crippen LogP contribution in [0, 0.1) is 0 Å². The molecule has 0 aromatic heterocycles. The van der Waals surface area contributed by atoms with Crippen LogP contribution in [0.15, 0.2) is 18.2 Å². The minimum absolute atomic E-state index is 0.0140. The molecule has 0 radical (unpaired) electrons. The molecule has 8 heteroatoms. The van der Waals surface area contributed by atoms with Crippen molar-refractivity contribution in [1.29, 1.82) is 0 Å². The van der Waals surface area contributed by atoms with E-state index in [4.69, 9.17) is 9.47 Å². The molecular formula is C18H22FN3O4. The number of halogens is 1. The average Bonchev–Trinajstić information content (AvgIpc) is 3.46. The molecule has 3 aliphatic rings. The molecule has 140 valence electrons. The number of nitrogens with one attached hydrogen (secondary N) is 2. The van der Waals surface area contributed by atoms with Crippen LogP contribution >= 0.6 is 0 Å². The highest BCUT2D eigenvalue weighted by atomic mass is 19.1. The highest BCUT2D eigenvalue weighted by molar-refractivity contribution is 5.90. The number of carbonyl (C=O) groups excluding carboxylic acids is 2. The Bertz CT molecular complexity index is 714. The topological polar surface area (TPSA) is 79.9 Å². The minimum atomic E-state index is -1.88. The predicted molar refractivity (Wildman–Crippen MR) is 92.3 cm³/mol. The first-order valence-corrected chi connectivity index (χ1v) is 8.99. The third-order valence-electron chi connectivity index (χ3n) is 4.96. The Labute approximate surface area is 150 Å². The van der Waals surface area contributed by atoms with Crippen LogP contribution in [-0.4, -0.2) is 54.9 Å². The number of rotatable bonds is 3. The van der Waals surface area contributed by atoms with Crippen molar-refractivity contribution in [2.75, 3.05) is 31.6 Å². The van der Waals surface area contributed by atoms with Crippen LogP contribution < -0.4 is 20.1 Å². The van der Waals surface area contributed by atoms with E-state index in [9.17, 15) is 14.0 Å². The van der Waals surface area contributed by atoms with Gasteiger partial charge in [-0.3, -0.25) is 4.79 Å². The quantitative estimate of drug-likeness (QED) is 0.862. The van der Waals surface area contributed by atoms with E-state index in [-0.39, 0.29) is 38.0 Å². The number of fused-ring (bicyclic) bond motifs is 1. The number of anilines is 1. The van der Waals surface area contributed by atoms with Gasteiger partial charge in [-0.05, 0) is 25.0 Å². The lowest BCUT2D eigenvalue weighted by atomic mass is 9.92. The molecule has 2 fully saturated rings. The normalized spacial score (nSPS) is 21.0. The molecule has 2 N–H and O–H groups in total. The summed E-state index contributed by atoms with van der Waals surface area (Å²) >= 11 is 0. The van der Waals surface area contributed by atoms with E-state index < -0.39 is 11.6 Å². The molecule has 26 heavy (non-hydrogen) atoms. The van der Waals surface area contributed by atoms with Crippen molar-refractivity contribution >= 4 is 17.6 Å². The Hall–Kier alpha value is -2.51. The lowest BCUT2D eigenvalue weighted by Gasteiger charge is -2.35. The van der Waals surface area contributed by atoms with E-state index in [0.717, 1.165) is 12.8 Å². The summed E-state index contributed by atoms with van der Waals surface area (Å²) in [6.07, 6.45) is 1.87. The molecule has 0 bridgehead atoms. The van der Waals surface area contributed by atoms with Crippen molar-refractivity contribution in [2.24, 2.45) is 0 Å². The van der Waals surface area contributed by atoms with Crippen molar-refractivity contribution in [3.05, 3.63) is 18.2 Å². The second-order valence-electron chi connectivity index (χ2n) is 6.99. The Morgan fingerprint density at radius 3 is 2.50 bits per heavy atom. The van der Waals surface area contributed by atoms with Crippen molar-refractivity contribution in [1.82, 2.24) is 10.2 Å². The number of alkyl halides is 1. The van der Waals surface area contributed by atoms with Crippen LogP contribution in [0.3, 0.4) is 0 Å². The molecule has 1 saturated heterocycles. The number of benzene rings is 1. The summed E-state index contributed by atoms with van der Waals surface area (Å²) in [7, 11) is 0. The number of ether oxygens (including phenoxy) is 2. The Balaban J connectivity index is 1.32. The second kappa shape index (κ2) is 6.66. The third kappa shape index (κ3) is 3.54. The van der Waals surface area contributed by atoms with Gasteiger partial charge in [-0.15, -0.1) is 0 Å². The molecule has 0 unspecified atom stereocenters. The summed E-state index contributed by atoms with van der Waals surface area (Å²) in [4.78, 5) is 26.0. The van der Waals surface area contributed by atoms with E-state index in [0.29, 0.717) is 30.4 Å². The standard InChI is InChI=1S/C18H22FN3O4/c19-18(16(23)20-12-1-2-12)5-7-22(8-6-18)17(24)21-13-3-4-14-15(11-13)26-10-9-25-14/h3-4,11-12H,1-2,5-10H2,(H,20,23)(H,21,24). The van der Waals surface area contributed by atoms with Gasteiger partial charge in [0.25, 0.3) is 5.91 Å². The van der Waals surface area contributed by atoms with Crippen molar-refractivity contribution in [3.8, 4) is 11.5 Å². The largest absolute Gasteiger partial charge is 0.486 e.